The number of hydrogen-bond donors (Lipinski definition) is 2. The van der Waals surface area contributed by atoms with E-state index in [0.29, 0.717) is 11.7 Å². The minimum atomic E-state index is -1.11. The number of anilines is 1. The van der Waals surface area contributed by atoms with Crippen molar-refractivity contribution in [3.63, 3.8) is 0 Å². The van der Waals surface area contributed by atoms with Crippen LogP contribution in [-0.4, -0.2) is 97.3 Å². The van der Waals surface area contributed by atoms with Gasteiger partial charge in [0.1, 0.15) is 11.3 Å². The van der Waals surface area contributed by atoms with Crippen LogP contribution in [0.1, 0.15) is 15.9 Å². The first-order chi connectivity index (χ1) is 14.9. The molecule has 0 bridgehead atoms. The Kier molecular flexibility index (Phi) is 8.16. The van der Waals surface area contributed by atoms with E-state index in [2.05, 4.69) is 39.2 Å². The normalized spacial score (nSPS) is 17.6. The Morgan fingerprint density at radius 1 is 1.03 bits per heavy atom. The number of benzene rings is 1. The minimum Gasteiger partial charge on any atom is -0.477 e. The predicted octanol–water partition coefficient (Wildman–Crippen LogP) is 1.55. The smallest absolute Gasteiger partial charge is 0.342 e. The number of rotatable bonds is 4. The molecule has 0 unspecified atom stereocenters. The number of nitrogens with one attached hydrogen (secondary N) is 1. The van der Waals surface area contributed by atoms with E-state index < -0.39 is 5.97 Å². The zero-order valence-corrected chi connectivity index (χ0v) is 18.5. The molecule has 9 heteroatoms. The topological polar surface area (TPSA) is 94.1 Å². The van der Waals surface area contributed by atoms with E-state index in [9.17, 15) is 9.90 Å². The number of carboxylic acids is 1. The largest absolute Gasteiger partial charge is 0.477 e. The Balaban J connectivity index is 0.000000330. The lowest BCUT2D eigenvalue weighted by molar-refractivity contribution is 0.0693. The summed E-state index contributed by atoms with van der Waals surface area (Å²) in [6.07, 6.45) is 1.32. The van der Waals surface area contributed by atoms with Gasteiger partial charge in [-0.3, -0.25) is 0 Å². The molecule has 0 aliphatic carbocycles. The summed E-state index contributed by atoms with van der Waals surface area (Å²) in [4.78, 5) is 26.6. The third kappa shape index (κ3) is 6.61. The molecular weight excluding hydrogens is 396 g/mol. The zero-order chi connectivity index (χ0) is 22.2. The van der Waals surface area contributed by atoms with Crippen molar-refractivity contribution < 1.29 is 14.6 Å². The molecule has 0 saturated carbocycles. The quantitative estimate of drug-likeness (QED) is 0.752. The van der Waals surface area contributed by atoms with Gasteiger partial charge >= 0.3 is 5.97 Å². The maximum atomic E-state index is 11.4. The van der Waals surface area contributed by atoms with Gasteiger partial charge in [-0.2, -0.15) is 4.98 Å². The van der Waals surface area contributed by atoms with Gasteiger partial charge in [-0.1, -0.05) is 18.2 Å². The lowest BCUT2D eigenvalue weighted by Gasteiger charge is -2.32. The molecule has 0 atom stereocenters. The van der Waals surface area contributed by atoms with Crippen LogP contribution < -0.4 is 15.0 Å². The van der Waals surface area contributed by atoms with Crippen LogP contribution in [0, 0.1) is 6.92 Å². The van der Waals surface area contributed by atoms with Gasteiger partial charge in [-0.15, -0.1) is 0 Å². The molecule has 2 saturated heterocycles. The standard InChI is InChI=1S/C17H20N4O3.C5H12N2/c1-12-5-3-4-6-14(12)24-15-13(16(22)23)11-18-17(19-15)21-9-7-20(2)8-10-21;1-7-4-2-6-3-5-7/h3-6,11H,7-10H2,1-2H3,(H,22,23);6H,2-5H2,1H3. The average molecular weight is 429 g/mol. The Labute approximate surface area is 183 Å². The third-order valence-corrected chi connectivity index (χ3v) is 5.40. The fourth-order valence-electron chi connectivity index (χ4n) is 3.29. The molecule has 2 N–H and O–H groups in total. The number of piperazine rings is 2. The monoisotopic (exact) mass is 428 g/mol. The van der Waals surface area contributed by atoms with Gasteiger partial charge in [-0.25, -0.2) is 9.78 Å². The maximum absolute atomic E-state index is 11.4. The molecule has 2 aliphatic rings. The SMILES string of the molecule is CN1CCNCC1.Cc1ccccc1Oc1nc(N2CCN(C)CC2)ncc1C(=O)O. The van der Waals surface area contributed by atoms with E-state index in [1.807, 2.05) is 30.0 Å². The molecule has 0 radical (unpaired) electrons. The van der Waals surface area contributed by atoms with E-state index >= 15 is 0 Å². The van der Waals surface area contributed by atoms with Crippen LogP contribution in [0.2, 0.25) is 0 Å². The van der Waals surface area contributed by atoms with Crippen LogP contribution in [0.4, 0.5) is 5.95 Å². The average Bonchev–Trinajstić information content (AvgIpc) is 2.77. The van der Waals surface area contributed by atoms with Gasteiger partial charge in [0.15, 0.2) is 0 Å². The third-order valence-electron chi connectivity index (χ3n) is 5.40. The summed E-state index contributed by atoms with van der Waals surface area (Å²) in [5, 5.41) is 12.6. The molecule has 31 heavy (non-hydrogen) atoms. The first-order valence-corrected chi connectivity index (χ1v) is 10.6. The summed E-state index contributed by atoms with van der Waals surface area (Å²) in [6.45, 7) is 10.1. The zero-order valence-electron chi connectivity index (χ0n) is 18.5. The molecule has 0 spiro atoms. The van der Waals surface area contributed by atoms with Gasteiger partial charge in [0.05, 0.1) is 6.20 Å². The predicted molar refractivity (Wildman–Crippen MR) is 120 cm³/mol. The first kappa shape index (κ1) is 22.9. The minimum absolute atomic E-state index is 0.0452. The maximum Gasteiger partial charge on any atom is 0.342 e. The molecule has 0 amide bonds. The van der Waals surface area contributed by atoms with Crippen LogP contribution in [0.3, 0.4) is 0 Å². The number of nitrogens with zero attached hydrogens (tertiary/aromatic N) is 5. The molecule has 9 nitrogen and oxygen atoms in total. The van der Waals surface area contributed by atoms with Crippen LogP contribution in [-0.2, 0) is 0 Å². The van der Waals surface area contributed by atoms with Gasteiger partial charge in [0, 0.05) is 52.4 Å². The van der Waals surface area contributed by atoms with Crippen molar-refractivity contribution in [2.45, 2.75) is 6.92 Å². The molecule has 1 aromatic carbocycles. The Bertz CT molecular complexity index is 864. The molecule has 168 valence electrons. The second-order valence-electron chi connectivity index (χ2n) is 7.91. The number of aryl methyl sites for hydroxylation is 1. The number of carbonyl (C=O) groups is 1. The van der Waals surface area contributed by atoms with Crippen molar-refractivity contribution in [2.75, 3.05) is 71.4 Å². The molecule has 3 heterocycles. The molecular formula is C22H32N6O3. The van der Waals surface area contributed by atoms with E-state index in [1.54, 1.807) is 6.07 Å². The highest BCUT2D eigenvalue weighted by Gasteiger charge is 2.21. The van der Waals surface area contributed by atoms with Gasteiger partial charge in [0.25, 0.3) is 0 Å². The van der Waals surface area contributed by atoms with E-state index in [-0.39, 0.29) is 11.4 Å². The highest BCUT2D eigenvalue weighted by atomic mass is 16.5. The highest BCUT2D eigenvalue weighted by Crippen LogP contribution is 2.27. The van der Waals surface area contributed by atoms with Crippen molar-refractivity contribution >= 4 is 11.9 Å². The number of aromatic carboxylic acids is 1. The molecule has 4 rings (SSSR count). The fraction of sp³-hybridized carbons (Fsp3) is 0.500. The van der Waals surface area contributed by atoms with Crippen molar-refractivity contribution in [1.82, 2.24) is 25.1 Å². The molecule has 1 aromatic heterocycles. The van der Waals surface area contributed by atoms with Gasteiger partial charge in [-0.05, 0) is 32.6 Å². The van der Waals surface area contributed by atoms with Crippen LogP contribution >= 0.6 is 0 Å². The summed E-state index contributed by atoms with van der Waals surface area (Å²) in [7, 11) is 4.22. The van der Waals surface area contributed by atoms with E-state index in [0.717, 1.165) is 44.8 Å². The summed E-state index contributed by atoms with van der Waals surface area (Å²) in [5.41, 5.74) is 0.865. The number of hydrogen-bond acceptors (Lipinski definition) is 8. The summed E-state index contributed by atoms with van der Waals surface area (Å²) in [5.74, 6) is 0.0453. The number of ether oxygens (including phenoxy) is 1. The number of para-hydroxylation sites is 1. The molecule has 2 aliphatic heterocycles. The van der Waals surface area contributed by atoms with Crippen LogP contribution in [0.5, 0.6) is 11.6 Å². The Morgan fingerprint density at radius 3 is 2.26 bits per heavy atom. The Hall–Kier alpha value is -2.75. The summed E-state index contributed by atoms with van der Waals surface area (Å²) >= 11 is 0. The lowest BCUT2D eigenvalue weighted by atomic mass is 10.2. The first-order valence-electron chi connectivity index (χ1n) is 10.6. The van der Waals surface area contributed by atoms with Crippen LogP contribution in [0.25, 0.3) is 0 Å². The highest BCUT2D eigenvalue weighted by molar-refractivity contribution is 5.90. The fourth-order valence-corrected chi connectivity index (χ4v) is 3.29. The van der Waals surface area contributed by atoms with Gasteiger partial charge in [0.2, 0.25) is 11.8 Å². The van der Waals surface area contributed by atoms with Crippen LogP contribution in [0.15, 0.2) is 30.5 Å². The van der Waals surface area contributed by atoms with E-state index in [1.165, 1.54) is 19.3 Å². The van der Waals surface area contributed by atoms with Crippen molar-refractivity contribution in [1.29, 1.82) is 0 Å². The van der Waals surface area contributed by atoms with Gasteiger partial charge < -0.3 is 29.9 Å². The number of aromatic nitrogens is 2. The number of likely N-dealkylation sites (N-methyl/N-ethyl adjacent to an activating group) is 2. The van der Waals surface area contributed by atoms with Crippen molar-refractivity contribution in [2.24, 2.45) is 0 Å². The van der Waals surface area contributed by atoms with Crippen molar-refractivity contribution in [3.8, 4) is 11.6 Å². The second kappa shape index (κ2) is 11.0. The lowest BCUT2D eigenvalue weighted by Crippen LogP contribution is -2.45. The summed E-state index contributed by atoms with van der Waals surface area (Å²) < 4.78 is 5.79. The van der Waals surface area contributed by atoms with E-state index in [4.69, 9.17) is 4.74 Å². The second-order valence-corrected chi connectivity index (χ2v) is 7.91. The summed E-state index contributed by atoms with van der Waals surface area (Å²) in [6, 6.07) is 7.43. The van der Waals surface area contributed by atoms with Crippen molar-refractivity contribution in [3.05, 3.63) is 41.6 Å². The molecule has 2 fully saturated rings. The Morgan fingerprint density at radius 2 is 1.68 bits per heavy atom. The number of carboxylic acid groups (broad SMARTS) is 1. The molecule has 2 aromatic rings.